The molecule has 8 nitrogen and oxygen atoms in total. The van der Waals surface area contributed by atoms with Crippen LogP contribution in [0.3, 0.4) is 0 Å². The molecule has 1 atom stereocenters. The van der Waals surface area contributed by atoms with E-state index in [1.807, 2.05) is 64.1 Å². The molecule has 2 aliphatic rings. The van der Waals surface area contributed by atoms with Crippen LogP contribution in [-0.4, -0.2) is 70.5 Å². The summed E-state index contributed by atoms with van der Waals surface area (Å²) in [5, 5.41) is 14.7. The highest BCUT2D eigenvalue weighted by Crippen LogP contribution is 2.33. The van der Waals surface area contributed by atoms with Crippen molar-refractivity contribution in [2.45, 2.75) is 56.7 Å². The van der Waals surface area contributed by atoms with Crippen molar-refractivity contribution in [1.29, 1.82) is 0 Å². The van der Waals surface area contributed by atoms with Crippen molar-refractivity contribution >= 4 is 5.91 Å². The molecule has 202 valence electrons. The van der Waals surface area contributed by atoms with Gasteiger partial charge in [-0.2, -0.15) is 0 Å². The molecule has 0 unspecified atom stereocenters. The molecule has 1 saturated carbocycles. The van der Waals surface area contributed by atoms with Gasteiger partial charge < -0.3 is 29.4 Å². The highest BCUT2D eigenvalue weighted by Gasteiger charge is 2.34. The maximum absolute atomic E-state index is 14.0. The number of carbonyl (C=O) groups excluding carboxylic acids is 1. The number of nitrogens with one attached hydrogen (secondary N) is 1. The molecule has 0 radical (unpaired) electrons. The van der Waals surface area contributed by atoms with Crippen LogP contribution in [0.4, 0.5) is 0 Å². The zero-order chi connectivity index (χ0) is 26.4. The summed E-state index contributed by atoms with van der Waals surface area (Å²) < 4.78 is 13.4. The minimum atomic E-state index is -0.768. The van der Waals surface area contributed by atoms with Crippen molar-refractivity contribution in [1.82, 2.24) is 19.8 Å². The second kappa shape index (κ2) is 12.0. The van der Waals surface area contributed by atoms with Gasteiger partial charge in [0.1, 0.15) is 0 Å². The summed E-state index contributed by atoms with van der Waals surface area (Å²) in [6, 6.07) is 17.5. The monoisotopic (exact) mass is 518 g/mol. The first kappa shape index (κ1) is 26.3. The summed E-state index contributed by atoms with van der Waals surface area (Å²) in [6.45, 7) is 2.93. The van der Waals surface area contributed by atoms with E-state index in [2.05, 4.69) is 10.3 Å². The van der Waals surface area contributed by atoms with Gasteiger partial charge in [-0.25, -0.2) is 4.98 Å². The van der Waals surface area contributed by atoms with Crippen LogP contribution in [-0.2, 0) is 6.54 Å². The summed E-state index contributed by atoms with van der Waals surface area (Å²) in [5.41, 5.74) is 1.38. The van der Waals surface area contributed by atoms with Gasteiger partial charge >= 0.3 is 0 Å². The lowest BCUT2D eigenvalue weighted by molar-refractivity contribution is -0.0111. The number of aliphatic hydroxyl groups is 1. The number of methoxy groups -OCH3 is 1. The first-order valence-corrected chi connectivity index (χ1v) is 13.7. The SMILES string of the molecule is COc1ccccc1OCC[C@@H]1CNCCN1C(=O)c1ncn(CC2(O)CCCCC2)c1-c1ccccc1. The van der Waals surface area contributed by atoms with Gasteiger partial charge in [0, 0.05) is 37.7 Å². The number of carbonyl (C=O) groups is 1. The van der Waals surface area contributed by atoms with Gasteiger partial charge in [0.2, 0.25) is 0 Å². The number of hydrogen-bond donors (Lipinski definition) is 2. The van der Waals surface area contributed by atoms with E-state index in [1.165, 1.54) is 0 Å². The standard InChI is InChI=1S/C30H38N4O4/c1-37-25-12-6-7-13-26(25)38-19-14-24-20-31-17-18-34(24)29(35)27-28(23-10-4-2-5-11-23)33(22-32-27)21-30(36)15-8-3-9-16-30/h2,4-7,10-13,22,24,31,36H,3,8-9,14-21H2,1H3/t24-/m1/s1. The fourth-order valence-corrected chi connectivity index (χ4v) is 5.71. The maximum atomic E-state index is 14.0. The fourth-order valence-electron chi connectivity index (χ4n) is 5.71. The number of benzene rings is 2. The van der Waals surface area contributed by atoms with E-state index in [9.17, 15) is 9.90 Å². The Balaban J connectivity index is 1.36. The van der Waals surface area contributed by atoms with E-state index in [-0.39, 0.29) is 11.9 Å². The Morgan fingerprint density at radius 2 is 1.82 bits per heavy atom. The molecule has 38 heavy (non-hydrogen) atoms. The Labute approximate surface area is 224 Å². The zero-order valence-electron chi connectivity index (χ0n) is 22.1. The third-order valence-corrected chi connectivity index (χ3v) is 7.73. The van der Waals surface area contributed by atoms with Crippen molar-refractivity contribution in [3.63, 3.8) is 0 Å². The predicted octanol–water partition coefficient (Wildman–Crippen LogP) is 4.14. The van der Waals surface area contributed by atoms with E-state index in [4.69, 9.17) is 9.47 Å². The summed E-state index contributed by atoms with van der Waals surface area (Å²) in [7, 11) is 1.63. The van der Waals surface area contributed by atoms with E-state index in [0.29, 0.717) is 49.9 Å². The first-order chi connectivity index (χ1) is 18.6. The molecule has 8 heteroatoms. The number of amides is 1. The van der Waals surface area contributed by atoms with Crippen molar-refractivity contribution < 1.29 is 19.4 Å². The molecule has 1 aliphatic heterocycles. The van der Waals surface area contributed by atoms with Crippen molar-refractivity contribution in [2.75, 3.05) is 33.4 Å². The highest BCUT2D eigenvalue weighted by atomic mass is 16.5. The van der Waals surface area contributed by atoms with E-state index >= 15 is 0 Å². The van der Waals surface area contributed by atoms with Crippen LogP contribution in [0.1, 0.15) is 49.0 Å². The Morgan fingerprint density at radius 3 is 2.58 bits per heavy atom. The molecule has 2 fully saturated rings. The van der Waals surface area contributed by atoms with Crippen molar-refractivity contribution in [2.24, 2.45) is 0 Å². The second-order valence-corrected chi connectivity index (χ2v) is 10.4. The lowest BCUT2D eigenvalue weighted by atomic mass is 9.84. The van der Waals surface area contributed by atoms with Gasteiger partial charge in [0.25, 0.3) is 5.91 Å². The normalized spacial score (nSPS) is 19.2. The van der Waals surface area contributed by atoms with Crippen LogP contribution in [0.15, 0.2) is 60.9 Å². The molecule has 2 heterocycles. The molecule has 0 spiro atoms. The number of imidazole rings is 1. The number of ether oxygens (including phenoxy) is 2. The minimum absolute atomic E-state index is 0.0257. The van der Waals surface area contributed by atoms with Crippen LogP contribution < -0.4 is 14.8 Å². The average molecular weight is 519 g/mol. The largest absolute Gasteiger partial charge is 0.493 e. The van der Waals surface area contributed by atoms with Gasteiger partial charge in [-0.1, -0.05) is 61.7 Å². The Bertz CT molecular complexity index is 1210. The molecule has 2 aromatic carbocycles. The lowest BCUT2D eigenvalue weighted by Crippen LogP contribution is -2.54. The van der Waals surface area contributed by atoms with Gasteiger partial charge in [0.15, 0.2) is 17.2 Å². The van der Waals surface area contributed by atoms with Crippen LogP contribution in [0.25, 0.3) is 11.3 Å². The first-order valence-electron chi connectivity index (χ1n) is 13.7. The van der Waals surface area contributed by atoms with E-state index < -0.39 is 5.60 Å². The predicted molar refractivity (Wildman–Crippen MR) is 146 cm³/mol. The van der Waals surface area contributed by atoms with E-state index in [0.717, 1.165) is 49.9 Å². The number of hydrogen-bond acceptors (Lipinski definition) is 6. The molecular weight excluding hydrogens is 480 g/mol. The van der Waals surface area contributed by atoms with Crippen LogP contribution in [0.2, 0.25) is 0 Å². The molecule has 0 bridgehead atoms. The molecule has 3 aromatic rings. The zero-order valence-corrected chi connectivity index (χ0v) is 22.1. The topological polar surface area (TPSA) is 88.9 Å². The molecule has 1 aromatic heterocycles. The Morgan fingerprint density at radius 1 is 1.08 bits per heavy atom. The smallest absolute Gasteiger partial charge is 0.275 e. The minimum Gasteiger partial charge on any atom is -0.493 e. The molecule has 1 amide bonds. The lowest BCUT2D eigenvalue weighted by Gasteiger charge is -2.36. The Hall–Kier alpha value is -3.36. The molecule has 1 aliphatic carbocycles. The van der Waals surface area contributed by atoms with Gasteiger partial charge in [-0.15, -0.1) is 0 Å². The van der Waals surface area contributed by atoms with Crippen LogP contribution >= 0.6 is 0 Å². The van der Waals surface area contributed by atoms with Gasteiger partial charge in [-0.3, -0.25) is 4.79 Å². The van der Waals surface area contributed by atoms with Gasteiger partial charge in [-0.05, 0) is 25.0 Å². The maximum Gasteiger partial charge on any atom is 0.275 e. The quantitative estimate of drug-likeness (QED) is 0.443. The second-order valence-electron chi connectivity index (χ2n) is 10.4. The van der Waals surface area contributed by atoms with Crippen molar-refractivity contribution in [3.05, 3.63) is 66.6 Å². The summed E-state index contributed by atoms with van der Waals surface area (Å²) in [6.07, 6.45) is 7.16. The Kier molecular flexibility index (Phi) is 8.29. The molecule has 5 rings (SSSR count). The van der Waals surface area contributed by atoms with E-state index in [1.54, 1.807) is 13.4 Å². The third-order valence-electron chi connectivity index (χ3n) is 7.73. The molecular formula is C30H38N4O4. The molecule has 1 saturated heterocycles. The number of rotatable bonds is 9. The average Bonchev–Trinajstić information content (AvgIpc) is 3.36. The van der Waals surface area contributed by atoms with Crippen LogP contribution in [0, 0.1) is 0 Å². The van der Waals surface area contributed by atoms with Gasteiger partial charge in [0.05, 0.1) is 37.9 Å². The van der Waals surface area contributed by atoms with Crippen molar-refractivity contribution in [3.8, 4) is 22.8 Å². The number of piperazine rings is 1. The summed E-state index contributed by atoms with van der Waals surface area (Å²) >= 11 is 0. The number of para-hydroxylation sites is 2. The number of nitrogens with zero attached hydrogens (tertiary/aromatic N) is 3. The highest BCUT2D eigenvalue weighted by molar-refractivity contribution is 5.98. The van der Waals surface area contributed by atoms with Crippen LogP contribution in [0.5, 0.6) is 11.5 Å². The fraction of sp³-hybridized carbons (Fsp3) is 0.467. The summed E-state index contributed by atoms with van der Waals surface area (Å²) in [5.74, 6) is 1.31. The summed E-state index contributed by atoms with van der Waals surface area (Å²) in [4.78, 5) is 20.6. The number of aromatic nitrogens is 2. The third kappa shape index (κ3) is 5.87. The molecule has 2 N–H and O–H groups in total.